The number of rotatable bonds is 5. The van der Waals surface area contributed by atoms with Crippen molar-refractivity contribution >= 4 is 16.9 Å². The van der Waals surface area contributed by atoms with E-state index in [1.54, 1.807) is 11.7 Å². The Morgan fingerprint density at radius 3 is 2.59 bits per heavy atom. The van der Waals surface area contributed by atoms with Crippen LogP contribution in [-0.4, -0.2) is 25.2 Å². The van der Waals surface area contributed by atoms with Crippen molar-refractivity contribution < 1.29 is 4.79 Å². The molecule has 1 amide bonds. The van der Waals surface area contributed by atoms with E-state index in [0.717, 1.165) is 5.56 Å². The first kappa shape index (κ1) is 18.8. The maximum absolute atomic E-state index is 12.6. The van der Waals surface area contributed by atoms with Gasteiger partial charge in [0.25, 0.3) is 5.56 Å². The molecular formula is C20H25N5O2. The quantitative estimate of drug-likeness (QED) is 0.751. The minimum Gasteiger partial charge on any atom is -0.349 e. The normalized spacial score (nSPS) is 12.9. The average molecular weight is 367 g/mol. The summed E-state index contributed by atoms with van der Waals surface area (Å²) in [5.74, 6) is -0.100. The fourth-order valence-electron chi connectivity index (χ4n) is 3.13. The van der Waals surface area contributed by atoms with Crippen LogP contribution in [0.2, 0.25) is 0 Å². The largest absolute Gasteiger partial charge is 0.349 e. The van der Waals surface area contributed by atoms with Crippen LogP contribution in [-0.2, 0) is 18.4 Å². The van der Waals surface area contributed by atoms with Gasteiger partial charge in [0.05, 0.1) is 18.6 Å². The minimum absolute atomic E-state index is 0.100. The first-order chi connectivity index (χ1) is 12.8. The van der Waals surface area contributed by atoms with E-state index in [-0.39, 0.29) is 35.9 Å². The second kappa shape index (κ2) is 7.34. The molecule has 0 aliphatic heterocycles. The molecule has 0 fully saturated rings. The van der Waals surface area contributed by atoms with E-state index in [4.69, 9.17) is 0 Å². The molecule has 7 heteroatoms. The molecule has 3 aromatic rings. The van der Waals surface area contributed by atoms with Crippen molar-refractivity contribution in [1.82, 2.24) is 24.6 Å². The van der Waals surface area contributed by atoms with Crippen LogP contribution >= 0.6 is 0 Å². The van der Waals surface area contributed by atoms with E-state index in [2.05, 4.69) is 36.2 Å². The molecule has 0 bridgehead atoms. The molecule has 0 saturated carbocycles. The van der Waals surface area contributed by atoms with Crippen molar-refractivity contribution in [3.05, 3.63) is 58.8 Å². The van der Waals surface area contributed by atoms with E-state index < -0.39 is 0 Å². The fourth-order valence-corrected chi connectivity index (χ4v) is 3.13. The van der Waals surface area contributed by atoms with Crippen LogP contribution in [0, 0.1) is 5.41 Å². The monoisotopic (exact) mass is 367 g/mol. The molecule has 2 aromatic heterocycles. The van der Waals surface area contributed by atoms with Gasteiger partial charge in [0.1, 0.15) is 5.39 Å². The lowest BCUT2D eigenvalue weighted by Crippen LogP contribution is -2.37. The smallest absolute Gasteiger partial charge is 0.264 e. The van der Waals surface area contributed by atoms with E-state index >= 15 is 0 Å². The van der Waals surface area contributed by atoms with Crippen molar-refractivity contribution in [3.63, 3.8) is 0 Å². The van der Waals surface area contributed by atoms with Crippen molar-refractivity contribution in [3.8, 4) is 0 Å². The second-order valence-corrected chi connectivity index (χ2v) is 7.78. The average Bonchev–Trinajstić information content (AvgIpc) is 3.01. The van der Waals surface area contributed by atoms with Gasteiger partial charge in [0, 0.05) is 20.0 Å². The van der Waals surface area contributed by atoms with Gasteiger partial charge in [-0.25, -0.2) is 4.98 Å². The van der Waals surface area contributed by atoms with E-state index in [1.807, 2.05) is 30.3 Å². The number of aryl methyl sites for hydroxylation is 2. The lowest BCUT2D eigenvalue weighted by atomic mass is 9.82. The van der Waals surface area contributed by atoms with Crippen LogP contribution in [0.15, 0.2) is 47.7 Å². The predicted octanol–water partition coefficient (Wildman–Crippen LogP) is 2.42. The van der Waals surface area contributed by atoms with Gasteiger partial charge >= 0.3 is 0 Å². The molecular weight excluding hydrogens is 342 g/mol. The molecule has 1 N–H and O–H groups in total. The number of aromatic nitrogens is 4. The molecule has 0 radical (unpaired) electrons. The van der Waals surface area contributed by atoms with Gasteiger partial charge in [-0.3, -0.25) is 18.8 Å². The molecule has 27 heavy (non-hydrogen) atoms. The van der Waals surface area contributed by atoms with Crippen LogP contribution in [0.5, 0.6) is 0 Å². The van der Waals surface area contributed by atoms with Gasteiger partial charge in [0.15, 0.2) is 5.65 Å². The second-order valence-electron chi connectivity index (χ2n) is 7.78. The summed E-state index contributed by atoms with van der Waals surface area (Å²) in [6.07, 6.45) is 3.18. The van der Waals surface area contributed by atoms with E-state index in [0.29, 0.717) is 11.0 Å². The predicted molar refractivity (Wildman–Crippen MR) is 104 cm³/mol. The lowest BCUT2D eigenvalue weighted by Gasteiger charge is -2.32. The number of hydrogen-bond donors (Lipinski definition) is 1. The summed E-state index contributed by atoms with van der Waals surface area (Å²) in [5.41, 5.74) is 1.28. The SMILES string of the molecule is Cn1ncc2c(=O)n(CCC(=O)N[C@H](c3ccccc3)C(C)(C)C)cnc21. The third-order valence-corrected chi connectivity index (χ3v) is 4.60. The Bertz CT molecular complexity index is 999. The number of amides is 1. The third kappa shape index (κ3) is 4.07. The molecule has 0 aliphatic rings. The van der Waals surface area contributed by atoms with Crippen LogP contribution in [0.1, 0.15) is 38.8 Å². The van der Waals surface area contributed by atoms with Gasteiger partial charge < -0.3 is 5.32 Å². The maximum Gasteiger partial charge on any atom is 0.264 e. The zero-order valence-corrected chi connectivity index (χ0v) is 16.1. The highest BCUT2D eigenvalue weighted by atomic mass is 16.2. The summed E-state index contributed by atoms with van der Waals surface area (Å²) < 4.78 is 3.01. The molecule has 0 aliphatic carbocycles. The number of carbonyl (C=O) groups is 1. The number of nitrogens with zero attached hydrogens (tertiary/aromatic N) is 4. The summed E-state index contributed by atoms with van der Waals surface area (Å²) in [7, 11) is 1.74. The Labute approximate surface area is 158 Å². The molecule has 142 valence electrons. The molecule has 0 spiro atoms. The number of carbonyl (C=O) groups excluding carboxylic acids is 1. The van der Waals surface area contributed by atoms with Crippen molar-refractivity contribution in [2.75, 3.05) is 0 Å². The Hall–Kier alpha value is -2.96. The molecule has 2 heterocycles. The van der Waals surface area contributed by atoms with Crippen LogP contribution in [0.3, 0.4) is 0 Å². The molecule has 0 saturated heterocycles. The Morgan fingerprint density at radius 2 is 1.93 bits per heavy atom. The molecule has 3 rings (SSSR count). The van der Waals surface area contributed by atoms with Gasteiger partial charge in [-0.1, -0.05) is 51.1 Å². The lowest BCUT2D eigenvalue weighted by molar-refractivity contribution is -0.122. The Balaban J connectivity index is 1.72. The first-order valence-electron chi connectivity index (χ1n) is 8.99. The summed E-state index contributed by atoms with van der Waals surface area (Å²) in [6, 6.07) is 9.81. The van der Waals surface area contributed by atoms with E-state index in [9.17, 15) is 9.59 Å². The summed E-state index contributed by atoms with van der Waals surface area (Å²) in [5, 5.41) is 7.62. The highest BCUT2D eigenvalue weighted by molar-refractivity contribution is 5.76. The van der Waals surface area contributed by atoms with Crippen molar-refractivity contribution in [2.24, 2.45) is 12.5 Å². The zero-order valence-electron chi connectivity index (χ0n) is 16.1. The van der Waals surface area contributed by atoms with Gasteiger partial charge in [0.2, 0.25) is 5.91 Å². The summed E-state index contributed by atoms with van der Waals surface area (Å²) in [6.45, 7) is 6.55. The Kier molecular flexibility index (Phi) is 5.12. The van der Waals surface area contributed by atoms with Crippen LogP contribution in [0.25, 0.3) is 11.0 Å². The zero-order chi connectivity index (χ0) is 19.6. The topological polar surface area (TPSA) is 81.8 Å². The summed E-state index contributed by atoms with van der Waals surface area (Å²) >= 11 is 0. The van der Waals surface area contributed by atoms with Crippen LogP contribution in [0.4, 0.5) is 0 Å². The number of hydrogen-bond acceptors (Lipinski definition) is 4. The number of benzene rings is 1. The highest BCUT2D eigenvalue weighted by Crippen LogP contribution is 2.32. The number of nitrogens with one attached hydrogen (secondary N) is 1. The first-order valence-corrected chi connectivity index (χ1v) is 8.99. The molecule has 0 unspecified atom stereocenters. The molecule has 7 nitrogen and oxygen atoms in total. The van der Waals surface area contributed by atoms with Crippen molar-refractivity contribution in [1.29, 1.82) is 0 Å². The van der Waals surface area contributed by atoms with Gasteiger partial charge in [-0.2, -0.15) is 5.10 Å². The molecule has 1 atom stereocenters. The van der Waals surface area contributed by atoms with Gasteiger partial charge in [-0.05, 0) is 11.0 Å². The molecule has 1 aromatic carbocycles. The van der Waals surface area contributed by atoms with Crippen molar-refractivity contribution in [2.45, 2.75) is 39.8 Å². The van der Waals surface area contributed by atoms with Crippen LogP contribution < -0.4 is 10.9 Å². The third-order valence-electron chi connectivity index (χ3n) is 4.60. The van der Waals surface area contributed by atoms with E-state index in [1.165, 1.54) is 17.1 Å². The number of fused-ring (bicyclic) bond motifs is 1. The van der Waals surface area contributed by atoms with Gasteiger partial charge in [-0.15, -0.1) is 0 Å². The maximum atomic E-state index is 12.6. The Morgan fingerprint density at radius 1 is 1.22 bits per heavy atom. The minimum atomic E-state index is -0.184. The highest BCUT2D eigenvalue weighted by Gasteiger charge is 2.27. The summed E-state index contributed by atoms with van der Waals surface area (Å²) in [4.78, 5) is 29.3. The fraction of sp³-hybridized carbons (Fsp3) is 0.400. The standard InChI is InChI=1S/C20H25N5O2/c1-20(2,3)17(14-8-6-5-7-9-14)23-16(26)10-11-25-13-21-18-15(19(25)27)12-22-24(18)4/h5-9,12-13,17H,10-11H2,1-4H3,(H,23,26)/t17-/m1/s1.